The van der Waals surface area contributed by atoms with Crippen molar-refractivity contribution in [1.82, 2.24) is 10.2 Å². The fourth-order valence-electron chi connectivity index (χ4n) is 3.63. The Kier molecular flexibility index (Phi) is 7.46. The van der Waals surface area contributed by atoms with Crippen molar-refractivity contribution in [3.8, 4) is 17.2 Å². The molecule has 1 atom stereocenters. The van der Waals surface area contributed by atoms with Gasteiger partial charge in [0, 0.05) is 12.1 Å². The van der Waals surface area contributed by atoms with Crippen molar-refractivity contribution in [3.63, 3.8) is 0 Å². The number of amides is 1. The van der Waals surface area contributed by atoms with Crippen molar-refractivity contribution >= 4 is 5.91 Å². The van der Waals surface area contributed by atoms with E-state index >= 15 is 0 Å². The molecular formula is C22H26F2N2O4. The number of carbonyl (C=O) groups is 1. The second kappa shape index (κ2) is 10.2. The lowest BCUT2D eigenvalue weighted by Gasteiger charge is -2.28. The smallest absolute Gasteiger partial charge is 0.387 e. The Morgan fingerprint density at radius 1 is 1.03 bits per heavy atom. The van der Waals surface area contributed by atoms with Gasteiger partial charge in [0.1, 0.15) is 5.75 Å². The number of likely N-dealkylation sites (tertiary alicyclic amines) is 1. The fraction of sp³-hybridized carbons (Fsp3) is 0.409. The van der Waals surface area contributed by atoms with Gasteiger partial charge in [-0.2, -0.15) is 8.78 Å². The minimum atomic E-state index is -3.01. The summed E-state index contributed by atoms with van der Waals surface area (Å²) < 4.78 is 40.0. The molecule has 2 aromatic rings. The van der Waals surface area contributed by atoms with Crippen LogP contribution in [0.3, 0.4) is 0 Å². The average Bonchev–Trinajstić information content (AvgIpc) is 3.28. The van der Waals surface area contributed by atoms with Crippen molar-refractivity contribution < 1.29 is 27.8 Å². The third-order valence-electron chi connectivity index (χ3n) is 5.18. The van der Waals surface area contributed by atoms with E-state index in [4.69, 9.17) is 9.47 Å². The number of nitrogens with zero attached hydrogens (tertiary/aromatic N) is 1. The van der Waals surface area contributed by atoms with Gasteiger partial charge in [0.25, 0.3) is 5.91 Å². The predicted molar refractivity (Wildman–Crippen MR) is 109 cm³/mol. The third-order valence-corrected chi connectivity index (χ3v) is 5.18. The molecule has 0 aliphatic carbocycles. The minimum absolute atomic E-state index is 0.0115. The van der Waals surface area contributed by atoms with Crippen molar-refractivity contribution in [2.24, 2.45) is 0 Å². The van der Waals surface area contributed by atoms with E-state index in [-0.39, 0.29) is 29.0 Å². The summed E-state index contributed by atoms with van der Waals surface area (Å²) in [5.74, 6) is 0.369. The van der Waals surface area contributed by atoms with Crippen LogP contribution in [0.1, 0.15) is 34.8 Å². The molecule has 0 spiro atoms. The van der Waals surface area contributed by atoms with Crippen LogP contribution < -0.4 is 19.5 Å². The summed E-state index contributed by atoms with van der Waals surface area (Å²) in [6.07, 6.45) is 2.24. The number of alkyl halides is 2. The molecule has 3 rings (SSSR count). The van der Waals surface area contributed by atoms with Crippen LogP contribution in [-0.4, -0.2) is 51.3 Å². The van der Waals surface area contributed by atoms with Gasteiger partial charge in [0.15, 0.2) is 11.5 Å². The highest BCUT2D eigenvalue weighted by Gasteiger charge is 2.24. The Bertz CT molecular complexity index is 840. The SMILES string of the molecule is COc1ccc(C(CNC(=O)c2ccc(OC)c(OC(F)F)c2)N2CCCC2)cc1. The lowest BCUT2D eigenvalue weighted by atomic mass is 10.0. The Labute approximate surface area is 174 Å². The monoisotopic (exact) mass is 420 g/mol. The molecule has 1 amide bonds. The largest absolute Gasteiger partial charge is 0.497 e. The zero-order chi connectivity index (χ0) is 21.5. The standard InChI is InChI=1S/C22H26F2N2O4/c1-28-17-8-5-15(6-9-17)18(26-11-3-4-12-26)14-25-21(27)16-7-10-19(29-2)20(13-16)30-22(23)24/h5-10,13,18,22H,3-4,11-12,14H2,1-2H3,(H,25,27). The quantitative estimate of drug-likeness (QED) is 0.667. The summed E-state index contributed by atoms with van der Waals surface area (Å²) >= 11 is 0. The Balaban J connectivity index is 1.73. The second-order valence-corrected chi connectivity index (χ2v) is 6.99. The molecule has 1 N–H and O–H groups in total. The molecule has 8 heteroatoms. The van der Waals surface area contributed by atoms with Crippen molar-refractivity contribution in [3.05, 3.63) is 53.6 Å². The predicted octanol–water partition coefficient (Wildman–Crippen LogP) is 3.87. The summed E-state index contributed by atoms with van der Waals surface area (Å²) in [7, 11) is 2.97. The van der Waals surface area contributed by atoms with E-state index < -0.39 is 6.61 Å². The van der Waals surface area contributed by atoms with Gasteiger partial charge in [-0.25, -0.2) is 0 Å². The van der Waals surface area contributed by atoms with E-state index in [0.717, 1.165) is 37.2 Å². The molecule has 1 heterocycles. The van der Waals surface area contributed by atoms with Crippen LogP contribution in [0.4, 0.5) is 8.78 Å². The summed E-state index contributed by atoms with van der Waals surface area (Å²) in [6, 6.07) is 12.0. The van der Waals surface area contributed by atoms with Crippen LogP contribution in [0.2, 0.25) is 0 Å². The van der Waals surface area contributed by atoms with Gasteiger partial charge in [-0.15, -0.1) is 0 Å². The van der Waals surface area contributed by atoms with Gasteiger partial charge >= 0.3 is 6.61 Å². The van der Waals surface area contributed by atoms with Gasteiger partial charge in [-0.05, 0) is 61.8 Å². The number of hydrogen-bond donors (Lipinski definition) is 1. The molecule has 1 saturated heterocycles. The molecule has 0 saturated carbocycles. The normalized spacial score (nSPS) is 15.1. The van der Waals surface area contributed by atoms with Gasteiger partial charge < -0.3 is 19.5 Å². The van der Waals surface area contributed by atoms with Crippen LogP contribution in [0.25, 0.3) is 0 Å². The van der Waals surface area contributed by atoms with E-state index in [2.05, 4.69) is 15.0 Å². The molecule has 162 valence electrons. The summed E-state index contributed by atoms with van der Waals surface area (Å²) in [5, 5.41) is 2.93. The highest BCUT2D eigenvalue weighted by Crippen LogP contribution is 2.30. The van der Waals surface area contributed by atoms with Gasteiger partial charge in [0.2, 0.25) is 0 Å². The highest BCUT2D eigenvalue weighted by atomic mass is 19.3. The average molecular weight is 420 g/mol. The zero-order valence-corrected chi connectivity index (χ0v) is 17.1. The topological polar surface area (TPSA) is 60.0 Å². The Morgan fingerprint density at radius 2 is 1.73 bits per heavy atom. The molecule has 1 aliphatic rings. The summed E-state index contributed by atoms with van der Waals surface area (Å²) in [4.78, 5) is 15.0. The lowest BCUT2D eigenvalue weighted by molar-refractivity contribution is -0.0512. The zero-order valence-electron chi connectivity index (χ0n) is 17.1. The van der Waals surface area contributed by atoms with Crippen molar-refractivity contribution in [1.29, 1.82) is 0 Å². The highest BCUT2D eigenvalue weighted by molar-refractivity contribution is 5.94. The number of halogens is 2. The number of ether oxygens (including phenoxy) is 3. The maximum absolute atomic E-state index is 12.7. The lowest BCUT2D eigenvalue weighted by Crippen LogP contribution is -2.36. The maximum Gasteiger partial charge on any atom is 0.387 e. The molecule has 0 aromatic heterocycles. The first-order valence-electron chi connectivity index (χ1n) is 9.81. The fourth-order valence-corrected chi connectivity index (χ4v) is 3.63. The first-order valence-corrected chi connectivity index (χ1v) is 9.81. The van der Waals surface area contributed by atoms with Crippen LogP contribution in [0, 0.1) is 0 Å². The molecule has 1 aliphatic heterocycles. The molecular weight excluding hydrogens is 394 g/mol. The van der Waals surface area contributed by atoms with Gasteiger partial charge in [-0.3, -0.25) is 9.69 Å². The molecule has 0 bridgehead atoms. The van der Waals surface area contributed by atoms with E-state index in [0.29, 0.717) is 6.54 Å². The molecule has 0 radical (unpaired) electrons. The van der Waals surface area contributed by atoms with E-state index in [9.17, 15) is 13.6 Å². The number of carbonyl (C=O) groups excluding carboxylic acids is 1. The maximum atomic E-state index is 12.7. The molecule has 6 nitrogen and oxygen atoms in total. The minimum Gasteiger partial charge on any atom is -0.497 e. The van der Waals surface area contributed by atoms with Crippen LogP contribution in [-0.2, 0) is 0 Å². The first-order chi connectivity index (χ1) is 14.5. The number of benzene rings is 2. The Morgan fingerprint density at radius 3 is 2.33 bits per heavy atom. The Hall–Kier alpha value is -2.87. The molecule has 2 aromatic carbocycles. The molecule has 1 unspecified atom stereocenters. The van der Waals surface area contributed by atoms with Gasteiger partial charge in [0.05, 0.1) is 20.3 Å². The van der Waals surface area contributed by atoms with Crippen molar-refractivity contribution in [2.45, 2.75) is 25.5 Å². The summed E-state index contributed by atoms with van der Waals surface area (Å²) in [5.41, 5.74) is 1.30. The van der Waals surface area contributed by atoms with Crippen LogP contribution >= 0.6 is 0 Å². The summed E-state index contributed by atoms with van der Waals surface area (Å²) in [6.45, 7) is -0.697. The van der Waals surface area contributed by atoms with E-state index in [1.165, 1.54) is 25.3 Å². The third kappa shape index (κ3) is 5.38. The molecule has 30 heavy (non-hydrogen) atoms. The van der Waals surface area contributed by atoms with E-state index in [1.54, 1.807) is 7.11 Å². The number of methoxy groups -OCH3 is 2. The molecule has 1 fully saturated rings. The van der Waals surface area contributed by atoms with Gasteiger partial charge in [-0.1, -0.05) is 12.1 Å². The first kappa shape index (κ1) is 21.8. The number of rotatable bonds is 9. The van der Waals surface area contributed by atoms with E-state index in [1.807, 2.05) is 24.3 Å². The number of hydrogen-bond acceptors (Lipinski definition) is 5. The van der Waals surface area contributed by atoms with Crippen LogP contribution in [0.5, 0.6) is 17.2 Å². The number of nitrogens with one attached hydrogen (secondary N) is 1. The van der Waals surface area contributed by atoms with Crippen LogP contribution in [0.15, 0.2) is 42.5 Å². The second-order valence-electron chi connectivity index (χ2n) is 6.99. The van der Waals surface area contributed by atoms with Crippen molar-refractivity contribution in [2.75, 3.05) is 33.9 Å².